The van der Waals surface area contributed by atoms with Crippen molar-refractivity contribution in [1.29, 1.82) is 0 Å². The summed E-state index contributed by atoms with van der Waals surface area (Å²) in [6.45, 7) is 0. The van der Waals surface area contributed by atoms with Crippen LogP contribution in [0.4, 0.5) is 0 Å². The smallest absolute Gasteiger partial charge is 0.302 e. The van der Waals surface area contributed by atoms with Crippen molar-refractivity contribution in [3.63, 3.8) is 0 Å². The second kappa shape index (κ2) is 13.1. The van der Waals surface area contributed by atoms with Crippen LogP contribution in [0.2, 0.25) is 0 Å². The first kappa shape index (κ1) is 36.8. The molecule has 0 aromatic rings. The van der Waals surface area contributed by atoms with Crippen LogP contribution in [-0.2, 0) is 61.4 Å². The van der Waals surface area contributed by atoms with Crippen LogP contribution >= 0.6 is 46.9 Å². The summed E-state index contributed by atoms with van der Waals surface area (Å²) in [5, 5.41) is 0. The summed E-state index contributed by atoms with van der Waals surface area (Å²) >= 11 is 0. The van der Waals surface area contributed by atoms with Gasteiger partial charge in [0.05, 0.1) is 0 Å². The number of hydrogen-bond donors (Lipinski definition) is 12. The van der Waals surface area contributed by atoms with E-state index >= 15 is 0 Å². The summed E-state index contributed by atoms with van der Waals surface area (Å²) in [5.41, 5.74) is 0. The van der Waals surface area contributed by atoms with Crippen LogP contribution in [0.3, 0.4) is 0 Å². The summed E-state index contributed by atoms with van der Waals surface area (Å²) < 4.78 is 66.6. The summed E-state index contributed by atoms with van der Waals surface area (Å²) in [7, 11) is -30.3. The zero-order valence-electron chi connectivity index (χ0n) is 12.1. The third-order valence-electron chi connectivity index (χ3n) is 0.638. The summed E-state index contributed by atoms with van der Waals surface area (Å²) in [6, 6.07) is 0. The Hall–Kier alpha value is 1.47. The SMILES string of the molecule is O=P(O)(O)OP(=O)(O)O.O=P(O)(O)OP(=O)(O)O.O=P(O)(O)OP(=O)(O)O.[W]. The van der Waals surface area contributed by atoms with Crippen LogP contribution in [0, 0.1) is 0 Å². The van der Waals surface area contributed by atoms with E-state index in [-0.39, 0.29) is 21.1 Å². The van der Waals surface area contributed by atoms with Gasteiger partial charge < -0.3 is 58.7 Å². The third-order valence-corrected chi connectivity index (χ3v) is 5.74. The van der Waals surface area contributed by atoms with E-state index in [1.165, 1.54) is 0 Å². The van der Waals surface area contributed by atoms with Crippen molar-refractivity contribution in [3.05, 3.63) is 0 Å². The molecule has 0 heterocycles. The Bertz CT molecular complexity index is 548. The molecule has 0 aliphatic rings. The van der Waals surface area contributed by atoms with E-state index in [0.717, 1.165) is 0 Å². The molecule has 12 N–H and O–H groups in total. The summed E-state index contributed by atoms with van der Waals surface area (Å²) in [6.07, 6.45) is 0. The quantitative estimate of drug-likeness (QED) is 0.127. The Labute approximate surface area is 167 Å². The topological polar surface area (TPSA) is 373 Å². The van der Waals surface area contributed by atoms with Gasteiger partial charge in [0.2, 0.25) is 0 Å². The van der Waals surface area contributed by atoms with Gasteiger partial charge in [-0.25, -0.2) is 27.4 Å². The van der Waals surface area contributed by atoms with Crippen molar-refractivity contribution in [1.82, 2.24) is 0 Å². The van der Waals surface area contributed by atoms with Crippen molar-refractivity contribution in [2.45, 2.75) is 0 Å². The van der Waals surface area contributed by atoms with Gasteiger partial charge in [0.15, 0.2) is 0 Å². The molecule has 0 spiro atoms. The van der Waals surface area contributed by atoms with E-state index in [1.807, 2.05) is 0 Å². The number of phosphoric acid groups is 6. The van der Waals surface area contributed by atoms with Crippen LogP contribution in [-0.4, -0.2) is 58.7 Å². The van der Waals surface area contributed by atoms with Gasteiger partial charge in [0.25, 0.3) is 0 Å². The molecular formula is H12O21P6W. The van der Waals surface area contributed by atoms with Gasteiger partial charge in [-0.05, 0) is 0 Å². The normalized spacial score (nSPS) is 13.3. The molecule has 0 aliphatic heterocycles. The molecule has 0 saturated heterocycles. The van der Waals surface area contributed by atoms with Crippen LogP contribution < -0.4 is 0 Å². The average molecular weight is 718 g/mol. The maximum atomic E-state index is 9.63. The van der Waals surface area contributed by atoms with Gasteiger partial charge >= 0.3 is 46.9 Å². The van der Waals surface area contributed by atoms with Crippen LogP contribution in [0.1, 0.15) is 0 Å². The average Bonchev–Trinajstić information content (AvgIpc) is 1.96. The number of rotatable bonds is 6. The molecule has 0 saturated carbocycles. The molecule has 0 radical (unpaired) electrons. The fourth-order valence-electron chi connectivity index (χ4n) is 0.416. The first-order chi connectivity index (χ1) is 11.1. The molecule has 0 aliphatic carbocycles. The minimum absolute atomic E-state index is 0. The standard InChI is InChI=1S/3H4O7P2.W/c3*1-8(2,3)7-9(4,5)6;/h3*(H2,1,2,3)(H2,4,5,6);. The minimum atomic E-state index is -5.05. The van der Waals surface area contributed by atoms with E-state index in [1.54, 1.807) is 0 Å². The molecule has 0 aromatic heterocycles. The van der Waals surface area contributed by atoms with Gasteiger partial charge in [-0.1, -0.05) is 0 Å². The van der Waals surface area contributed by atoms with Gasteiger partial charge in [-0.15, -0.1) is 0 Å². The van der Waals surface area contributed by atoms with Crippen LogP contribution in [0.25, 0.3) is 0 Å². The molecule has 0 atom stereocenters. The van der Waals surface area contributed by atoms with Crippen LogP contribution in [0.15, 0.2) is 0 Å². The predicted molar refractivity (Wildman–Crippen MR) is 75.5 cm³/mol. The maximum Gasteiger partial charge on any atom is 0.478 e. The van der Waals surface area contributed by atoms with E-state index in [0.29, 0.717) is 0 Å². The predicted octanol–water partition coefficient (Wildman–Crippen LogP) is -2.44. The first-order valence-electron chi connectivity index (χ1n) is 4.59. The first-order valence-corrected chi connectivity index (χ1v) is 13.8. The van der Waals surface area contributed by atoms with Crippen molar-refractivity contribution in [3.8, 4) is 0 Å². The zero-order valence-corrected chi connectivity index (χ0v) is 20.4. The third kappa shape index (κ3) is 50.8. The molecule has 28 heteroatoms. The Morgan fingerprint density at radius 3 is 0.393 bits per heavy atom. The molecule has 0 fully saturated rings. The molecule has 28 heavy (non-hydrogen) atoms. The van der Waals surface area contributed by atoms with E-state index in [4.69, 9.17) is 58.7 Å². The largest absolute Gasteiger partial charge is 0.478 e. The maximum absolute atomic E-state index is 9.63. The van der Waals surface area contributed by atoms with Crippen molar-refractivity contribution in [2.24, 2.45) is 0 Å². The molecule has 174 valence electrons. The van der Waals surface area contributed by atoms with Crippen molar-refractivity contribution >= 4 is 46.9 Å². The monoisotopic (exact) mass is 718 g/mol. The summed E-state index contributed by atoms with van der Waals surface area (Å²) in [5.74, 6) is 0. The second-order valence-corrected chi connectivity index (χ2v) is 11.0. The Kier molecular flexibility index (Phi) is 17.2. The molecule has 0 rings (SSSR count). The molecule has 21 nitrogen and oxygen atoms in total. The van der Waals surface area contributed by atoms with E-state index in [2.05, 4.69) is 12.9 Å². The summed E-state index contributed by atoms with van der Waals surface area (Å²) in [4.78, 5) is 93.0. The fraction of sp³-hybridized carbons (Fsp3) is 0. The molecule has 0 amide bonds. The minimum Gasteiger partial charge on any atom is -0.302 e. The van der Waals surface area contributed by atoms with Crippen LogP contribution in [0.5, 0.6) is 0 Å². The molecule has 0 bridgehead atoms. The molecular weight excluding hydrogens is 706 g/mol. The molecule has 0 unspecified atom stereocenters. The second-order valence-electron chi connectivity index (χ2n) is 3.19. The Morgan fingerprint density at radius 1 is 0.321 bits per heavy atom. The van der Waals surface area contributed by atoms with E-state index < -0.39 is 46.9 Å². The van der Waals surface area contributed by atoms with Crippen molar-refractivity contribution in [2.75, 3.05) is 0 Å². The van der Waals surface area contributed by atoms with Gasteiger partial charge in [0, 0.05) is 21.1 Å². The Balaban J connectivity index is -0.000000152. The fourth-order valence-corrected chi connectivity index (χ4v) is 3.74. The zero-order chi connectivity index (χ0) is 23.1. The van der Waals surface area contributed by atoms with Gasteiger partial charge in [-0.2, -0.15) is 12.9 Å². The van der Waals surface area contributed by atoms with Gasteiger partial charge in [0.1, 0.15) is 0 Å². The Morgan fingerprint density at radius 2 is 0.393 bits per heavy atom. The molecule has 0 aromatic carbocycles. The van der Waals surface area contributed by atoms with Crippen molar-refractivity contribution < 1.29 is 120 Å². The van der Waals surface area contributed by atoms with Gasteiger partial charge in [-0.3, -0.25) is 0 Å². The number of hydrogen-bond acceptors (Lipinski definition) is 9. The van der Waals surface area contributed by atoms with E-state index in [9.17, 15) is 27.4 Å².